The number of rotatable bonds is 8. The molecule has 0 spiro atoms. The maximum Gasteiger partial charge on any atom is 0.258 e. The highest BCUT2D eigenvalue weighted by atomic mass is 32.2. The third-order valence-electron chi connectivity index (χ3n) is 7.65. The smallest absolute Gasteiger partial charge is 0.258 e. The predicted octanol–water partition coefficient (Wildman–Crippen LogP) is 2.50. The second-order valence-corrected chi connectivity index (χ2v) is 12.8. The molecule has 0 bridgehead atoms. The first-order chi connectivity index (χ1) is 20.6. The van der Waals surface area contributed by atoms with Crippen LogP contribution in [0.15, 0.2) is 41.3 Å². The minimum absolute atomic E-state index is 0.00920. The van der Waals surface area contributed by atoms with Crippen LogP contribution in [0, 0.1) is 11.6 Å². The second-order valence-electron chi connectivity index (χ2n) is 10.8. The molecule has 1 atom stereocenters. The van der Waals surface area contributed by atoms with Gasteiger partial charge in [0.05, 0.1) is 16.1 Å². The summed E-state index contributed by atoms with van der Waals surface area (Å²) in [7, 11) is -2.27. The quantitative estimate of drug-likeness (QED) is 0.350. The van der Waals surface area contributed by atoms with Crippen LogP contribution in [0.4, 0.5) is 20.3 Å². The third kappa shape index (κ3) is 6.11. The minimum atomic E-state index is -4.25. The molecule has 6 rings (SSSR count). The second kappa shape index (κ2) is 11.6. The number of halogens is 2. The zero-order valence-electron chi connectivity index (χ0n) is 23.2. The Bertz CT molecular complexity index is 1650. The SMILES string of the molecule is CN1CC(Oc2ccc(C(=O)Nc3n[nH]c4c3CN(S(=O)(=O)c3cc(F)cc(F)c3)CC4)c(NC(=O)[C@@H]3CCCO3)c2)C1. The minimum Gasteiger partial charge on any atom is -0.488 e. The van der Waals surface area contributed by atoms with Gasteiger partial charge in [-0.15, -0.1) is 0 Å². The van der Waals surface area contributed by atoms with Crippen molar-refractivity contribution in [2.24, 2.45) is 0 Å². The number of carbonyl (C=O) groups excluding carboxylic acids is 2. The zero-order chi connectivity index (χ0) is 30.3. The number of fused-ring (bicyclic) bond motifs is 1. The van der Waals surface area contributed by atoms with Gasteiger partial charge in [-0.05, 0) is 44.2 Å². The van der Waals surface area contributed by atoms with Crippen LogP contribution in [0.1, 0.15) is 34.5 Å². The number of aromatic nitrogens is 2. The molecular formula is C28H30F2N6O6S. The molecule has 43 heavy (non-hydrogen) atoms. The average Bonchev–Trinajstić information content (AvgIpc) is 3.62. The van der Waals surface area contributed by atoms with Crippen LogP contribution in [0.2, 0.25) is 0 Å². The molecule has 0 unspecified atom stereocenters. The van der Waals surface area contributed by atoms with Crippen molar-refractivity contribution in [2.45, 2.75) is 42.9 Å². The first-order valence-electron chi connectivity index (χ1n) is 13.8. The van der Waals surface area contributed by atoms with E-state index < -0.39 is 38.6 Å². The van der Waals surface area contributed by atoms with E-state index in [4.69, 9.17) is 9.47 Å². The first kappa shape index (κ1) is 29.2. The molecule has 1 aromatic heterocycles. The molecule has 2 saturated heterocycles. The molecular weight excluding hydrogens is 586 g/mol. The van der Waals surface area contributed by atoms with Crippen molar-refractivity contribution < 1.29 is 36.3 Å². The number of amides is 2. The summed E-state index contributed by atoms with van der Waals surface area (Å²) in [4.78, 5) is 28.0. The van der Waals surface area contributed by atoms with E-state index in [0.717, 1.165) is 35.9 Å². The van der Waals surface area contributed by atoms with Gasteiger partial charge in [0, 0.05) is 62.6 Å². The van der Waals surface area contributed by atoms with Gasteiger partial charge < -0.3 is 20.1 Å². The third-order valence-corrected chi connectivity index (χ3v) is 9.48. The Balaban J connectivity index is 1.23. The summed E-state index contributed by atoms with van der Waals surface area (Å²) in [5.74, 6) is -2.40. The number of sulfonamides is 1. The van der Waals surface area contributed by atoms with Crippen LogP contribution in [0.3, 0.4) is 0 Å². The fourth-order valence-corrected chi connectivity index (χ4v) is 6.84. The van der Waals surface area contributed by atoms with Crippen molar-refractivity contribution in [2.75, 3.05) is 43.9 Å². The molecule has 12 nitrogen and oxygen atoms in total. The summed E-state index contributed by atoms with van der Waals surface area (Å²) in [5.41, 5.74) is 1.40. The highest BCUT2D eigenvalue weighted by Crippen LogP contribution is 2.31. The fourth-order valence-electron chi connectivity index (χ4n) is 5.38. The number of carbonyl (C=O) groups is 2. The van der Waals surface area contributed by atoms with E-state index in [1.165, 1.54) is 6.07 Å². The maximum absolute atomic E-state index is 13.8. The number of likely N-dealkylation sites (N-methyl/N-ethyl adjacent to an activating group) is 1. The summed E-state index contributed by atoms with van der Waals surface area (Å²) in [6.45, 7) is 1.85. The first-order valence-corrected chi connectivity index (χ1v) is 15.3. The van der Waals surface area contributed by atoms with Gasteiger partial charge in [0.1, 0.15) is 29.6 Å². The number of anilines is 2. The van der Waals surface area contributed by atoms with E-state index in [2.05, 4.69) is 25.7 Å². The van der Waals surface area contributed by atoms with Crippen LogP contribution >= 0.6 is 0 Å². The molecule has 3 aliphatic rings. The topological polar surface area (TPSA) is 146 Å². The van der Waals surface area contributed by atoms with E-state index in [0.29, 0.717) is 36.1 Å². The number of nitrogens with one attached hydrogen (secondary N) is 3. The largest absolute Gasteiger partial charge is 0.488 e. The van der Waals surface area contributed by atoms with Gasteiger partial charge in [0.15, 0.2) is 5.82 Å². The Morgan fingerprint density at radius 2 is 1.88 bits per heavy atom. The number of nitrogens with zero attached hydrogens (tertiary/aromatic N) is 3. The number of hydrogen-bond donors (Lipinski definition) is 3. The van der Waals surface area contributed by atoms with E-state index in [9.17, 15) is 26.8 Å². The number of benzene rings is 2. The number of hydrogen-bond acceptors (Lipinski definition) is 8. The molecule has 2 fully saturated rings. The molecule has 0 aliphatic carbocycles. The molecule has 3 aliphatic heterocycles. The van der Waals surface area contributed by atoms with Crippen molar-refractivity contribution in [3.8, 4) is 5.75 Å². The van der Waals surface area contributed by atoms with Gasteiger partial charge in [-0.3, -0.25) is 19.6 Å². The van der Waals surface area contributed by atoms with E-state index in [1.807, 2.05) is 7.05 Å². The number of aromatic amines is 1. The van der Waals surface area contributed by atoms with Crippen molar-refractivity contribution in [3.63, 3.8) is 0 Å². The molecule has 3 N–H and O–H groups in total. The summed E-state index contributed by atoms with van der Waals surface area (Å²) < 4.78 is 66.5. The molecule has 2 amide bonds. The van der Waals surface area contributed by atoms with E-state index in [-0.39, 0.29) is 48.6 Å². The Hall–Kier alpha value is -3.92. The lowest BCUT2D eigenvalue weighted by Gasteiger charge is -2.36. The lowest BCUT2D eigenvalue weighted by molar-refractivity contribution is -0.124. The molecule has 0 radical (unpaired) electrons. The van der Waals surface area contributed by atoms with Gasteiger partial charge >= 0.3 is 0 Å². The number of H-pyrrole nitrogens is 1. The molecule has 0 saturated carbocycles. The van der Waals surface area contributed by atoms with Crippen LogP contribution in [0.5, 0.6) is 5.75 Å². The molecule has 15 heteroatoms. The number of likely N-dealkylation sites (tertiary alicyclic amines) is 1. The Labute approximate surface area is 246 Å². The molecule has 2 aromatic carbocycles. The highest BCUT2D eigenvalue weighted by molar-refractivity contribution is 7.89. The normalized spacial score (nSPS) is 19.5. The van der Waals surface area contributed by atoms with Gasteiger partial charge in [-0.2, -0.15) is 9.40 Å². The highest BCUT2D eigenvalue weighted by Gasteiger charge is 2.33. The van der Waals surface area contributed by atoms with Gasteiger partial charge in [0.2, 0.25) is 10.0 Å². The predicted molar refractivity (Wildman–Crippen MR) is 150 cm³/mol. The van der Waals surface area contributed by atoms with Crippen molar-refractivity contribution in [1.82, 2.24) is 19.4 Å². The standard InChI is InChI=1S/C28H30F2N6O6S/c1-35-13-19(14-35)42-18-4-5-21(24(12-18)31-28(38)25-3-2-8-41-25)27(37)32-26-22-15-36(7-6-23(22)33-34-26)43(39,40)20-10-16(29)9-17(30)11-20/h4-5,9-12,19,25H,2-3,6-8,13-15H2,1H3,(H,31,38)(H2,32,33,34,37)/t25-/m0/s1. The molecule has 4 heterocycles. The Kier molecular flexibility index (Phi) is 7.89. The lowest BCUT2D eigenvalue weighted by Crippen LogP contribution is -2.51. The van der Waals surface area contributed by atoms with Gasteiger partial charge in [-0.25, -0.2) is 17.2 Å². The summed E-state index contributed by atoms with van der Waals surface area (Å²) in [5, 5.41) is 12.5. The molecule has 228 valence electrons. The summed E-state index contributed by atoms with van der Waals surface area (Å²) >= 11 is 0. The van der Waals surface area contributed by atoms with Gasteiger partial charge in [0.25, 0.3) is 11.8 Å². The average molecular weight is 617 g/mol. The fraction of sp³-hybridized carbons (Fsp3) is 0.393. The van der Waals surface area contributed by atoms with Crippen LogP contribution in [-0.4, -0.2) is 85.1 Å². The van der Waals surface area contributed by atoms with Crippen molar-refractivity contribution in [3.05, 3.63) is 64.9 Å². The number of ether oxygens (including phenoxy) is 2. The Morgan fingerprint density at radius 1 is 1.12 bits per heavy atom. The van der Waals surface area contributed by atoms with E-state index in [1.54, 1.807) is 12.1 Å². The monoisotopic (exact) mass is 616 g/mol. The maximum atomic E-state index is 13.8. The summed E-state index contributed by atoms with van der Waals surface area (Å²) in [6.07, 6.45) is 0.928. The lowest BCUT2D eigenvalue weighted by atomic mass is 10.1. The summed E-state index contributed by atoms with van der Waals surface area (Å²) in [6, 6.07) is 6.88. The van der Waals surface area contributed by atoms with Crippen molar-refractivity contribution >= 4 is 33.3 Å². The zero-order valence-corrected chi connectivity index (χ0v) is 24.0. The van der Waals surface area contributed by atoms with Crippen LogP contribution < -0.4 is 15.4 Å². The van der Waals surface area contributed by atoms with Crippen molar-refractivity contribution in [1.29, 1.82) is 0 Å². The Morgan fingerprint density at radius 3 is 2.58 bits per heavy atom. The van der Waals surface area contributed by atoms with Gasteiger partial charge in [-0.1, -0.05) is 0 Å². The van der Waals surface area contributed by atoms with E-state index >= 15 is 0 Å². The van der Waals surface area contributed by atoms with Crippen LogP contribution in [0.25, 0.3) is 0 Å². The molecule has 3 aromatic rings. The van der Waals surface area contributed by atoms with Crippen LogP contribution in [-0.2, 0) is 32.5 Å².